The molecule has 3 aromatic rings. The van der Waals surface area contributed by atoms with Gasteiger partial charge in [-0.05, 0) is 36.2 Å². The third kappa shape index (κ3) is 2.21. The lowest BCUT2D eigenvalue weighted by molar-refractivity contribution is 0.601. The van der Waals surface area contributed by atoms with Gasteiger partial charge in [0.2, 0.25) is 0 Å². The van der Waals surface area contributed by atoms with Crippen molar-refractivity contribution in [1.29, 1.82) is 0 Å². The Morgan fingerprint density at radius 3 is 2.75 bits per heavy atom. The molecule has 2 aromatic carbocycles. The zero-order valence-electron chi connectivity index (χ0n) is 11.4. The van der Waals surface area contributed by atoms with E-state index in [1.807, 2.05) is 18.2 Å². The second-order valence-corrected chi connectivity index (χ2v) is 5.09. The lowest BCUT2D eigenvalue weighted by atomic mass is 10.1. The summed E-state index contributed by atoms with van der Waals surface area (Å²) in [7, 11) is 0. The highest BCUT2D eigenvalue weighted by molar-refractivity contribution is 5.83. The second-order valence-electron chi connectivity index (χ2n) is 5.09. The molecular formula is C17H17FN2. The van der Waals surface area contributed by atoms with Gasteiger partial charge in [0.05, 0.1) is 6.54 Å². The third-order valence-electron chi connectivity index (χ3n) is 3.67. The molecule has 0 unspecified atom stereocenters. The van der Waals surface area contributed by atoms with E-state index in [-0.39, 0.29) is 5.82 Å². The number of halogens is 1. The number of nitrogens with two attached hydrogens (primary N) is 1. The smallest absolute Gasteiger partial charge is 0.128 e. The van der Waals surface area contributed by atoms with Crippen LogP contribution in [-0.2, 0) is 13.1 Å². The summed E-state index contributed by atoms with van der Waals surface area (Å²) in [5.74, 6) is -0.183. The van der Waals surface area contributed by atoms with Crippen molar-refractivity contribution in [2.45, 2.75) is 20.0 Å². The molecule has 0 aliphatic carbocycles. The van der Waals surface area contributed by atoms with E-state index in [0.717, 1.165) is 11.1 Å². The molecule has 3 rings (SSSR count). The normalized spacial score (nSPS) is 11.2. The van der Waals surface area contributed by atoms with Crippen LogP contribution in [0.15, 0.2) is 48.7 Å². The Hall–Kier alpha value is -2.13. The number of hydrogen-bond acceptors (Lipinski definition) is 1. The number of aromatic nitrogens is 1. The lowest BCUT2D eigenvalue weighted by Crippen LogP contribution is -2.03. The van der Waals surface area contributed by atoms with Crippen LogP contribution in [0.3, 0.4) is 0 Å². The van der Waals surface area contributed by atoms with E-state index >= 15 is 0 Å². The molecule has 0 saturated heterocycles. The molecule has 0 radical (unpaired) electrons. The van der Waals surface area contributed by atoms with Crippen molar-refractivity contribution in [3.05, 3.63) is 71.2 Å². The number of para-hydroxylation sites is 1. The maximum Gasteiger partial charge on any atom is 0.128 e. The molecule has 0 amide bonds. The minimum absolute atomic E-state index is 0.183. The van der Waals surface area contributed by atoms with E-state index in [4.69, 9.17) is 5.73 Å². The van der Waals surface area contributed by atoms with E-state index in [2.05, 4.69) is 29.8 Å². The van der Waals surface area contributed by atoms with Gasteiger partial charge in [0.25, 0.3) is 0 Å². The van der Waals surface area contributed by atoms with Gasteiger partial charge >= 0.3 is 0 Å². The Balaban J connectivity index is 2.05. The summed E-state index contributed by atoms with van der Waals surface area (Å²) in [6.45, 7) is 3.03. The maximum atomic E-state index is 13.9. The van der Waals surface area contributed by atoms with E-state index in [1.165, 1.54) is 17.0 Å². The highest BCUT2D eigenvalue weighted by Gasteiger charge is 2.08. The van der Waals surface area contributed by atoms with Crippen LogP contribution in [0, 0.1) is 12.7 Å². The Morgan fingerprint density at radius 2 is 1.95 bits per heavy atom. The van der Waals surface area contributed by atoms with Gasteiger partial charge in [-0.15, -0.1) is 0 Å². The minimum atomic E-state index is -0.183. The fraction of sp³-hybridized carbons (Fsp3) is 0.176. The second kappa shape index (κ2) is 5.10. The van der Waals surface area contributed by atoms with Crippen LogP contribution in [-0.4, -0.2) is 4.57 Å². The van der Waals surface area contributed by atoms with Gasteiger partial charge in [-0.3, -0.25) is 0 Å². The van der Waals surface area contributed by atoms with E-state index in [0.29, 0.717) is 18.7 Å². The summed E-state index contributed by atoms with van der Waals surface area (Å²) in [5.41, 5.74) is 9.59. The van der Waals surface area contributed by atoms with Gasteiger partial charge in [0, 0.05) is 29.2 Å². The number of nitrogens with zero attached hydrogens (tertiary/aromatic N) is 1. The first-order valence-electron chi connectivity index (χ1n) is 6.71. The van der Waals surface area contributed by atoms with Crippen molar-refractivity contribution in [3.8, 4) is 0 Å². The van der Waals surface area contributed by atoms with Crippen LogP contribution in [0.2, 0.25) is 0 Å². The molecule has 2 N–H and O–H groups in total. The average molecular weight is 268 g/mol. The fourth-order valence-electron chi connectivity index (χ4n) is 2.62. The Kier molecular flexibility index (Phi) is 3.28. The number of aryl methyl sites for hydroxylation is 1. The maximum absolute atomic E-state index is 13.9. The van der Waals surface area contributed by atoms with E-state index < -0.39 is 0 Å². The van der Waals surface area contributed by atoms with Crippen molar-refractivity contribution < 1.29 is 4.39 Å². The third-order valence-corrected chi connectivity index (χ3v) is 3.67. The first-order valence-corrected chi connectivity index (χ1v) is 6.71. The average Bonchev–Trinajstić information content (AvgIpc) is 2.78. The van der Waals surface area contributed by atoms with Gasteiger partial charge in [0.15, 0.2) is 0 Å². The monoisotopic (exact) mass is 268 g/mol. The molecule has 0 aliphatic heterocycles. The van der Waals surface area contributed by atoms with E-state index in [9.17, 15) is 4.39 Å². The van der Waals surface area contributed by atoms with Crippen LogP contribution in [0.4, 0.5) is 4.39 Å². The number of fused-ring (bicyclic) bond motifs is 1. The fourth-order valence-corrected chi connectivity index (χ4v) is 2.62. The molecule has 20 heavy (non-hydrogen) atoms. The van der Waals surface area contributed by atoms with Gasteiger partial charge in [-0.2, -0.15) is 0 Å². The molecular weight excluding hydrogens is 251 g/mol. The standard InChI is InChI=1S/C17H17FN2/c1-12-10-20(17-5-3-2-4-15(12)17)11-14-8-13(9-19)6-7-16(14)18/h2-8,10H,9,11,19H2,1H3. The largest absolute Gasteiger partial charge is 0.343 e. The van der Waals surface area contributed by atoms with E-state index in [1.54, 1.807) is 6.07 Å². The first-order chi connectivity index (χ1) is 9.69. The van der Waals surface area contributed by atoms with Crippen molar-refractivity contribution in [3.63, 3.8) is 0 Å². The van der Waals surface area contributed by atoms with Gasteiger partial charge in [-0.25, -0.2) is 4.39 Å². The SMILES string of the molecule is Cc1cn(Cc2cc(CN)ccc2F)c2ccccc12. The molecule has 0 aliphatic rings. The minimum Gasteiger partial charge on any atom is -0.343 e. The molecule has 0 atom stereocenters. The van der Waals surface area contributed by atoms with Gasteiger partial charge in [0.1, 0.15) is 5.82 Å². The van der Waals surface area contributed by atoms with Crippen LogP contribution in [0.5, 0.6) is 0 Å². The highest BCUT2D eigenvalue weighted by atomic mass is 19.1. The predicted octanol–water partition coefficient (Wildman–Crippen LogP) is 3.60. The van der Waals surface area contributed by atoms with Crippen molar-refractivity contribution in [1.82, 2.24) is 4.57 Å². The Bertz CT molecular complexity index is 759. The van der Waals surface area contributed by atoms with Gasteiger partial charge < -0.3 is 10.3 Å². The summed E-state index contributed by atoms with van der Waals surface area (Å²) >= 11 is 0. The molecule has 0 spiro atoms. The molecule has 2 nitrogen and oxygen atoms in total. The van der Waals surface area contributed by atoms with Crippen LogP contribution < -0.4 is 5.73 Å². The van der Waals surface area contributed by atoms with Gasteiger partial charge in [-0.1, -0.05) is 24.3 Å². The molecule has 0 fully saturated rings. The molecule has 102 valence electrons. The van der Waals surface area contributed by atoms with Crippen LogP contribution >= 0.6 is 0 Å². The predicted molar refractivity (Wildman–Crippen MR) is 80.1 cm³/mol. The summed E-state index contributed by atoms with van der Waals surface area (Å²) in [5, 5.41) is 1.21. The summed E-state index contributed by atoms with van der Waals surface area (Å²) in [6, 6.07) is 13.3. The number of hydrogen-bond donors (Lipinski definition) is 1. The van der Waals surface area contributed by atoms with Crippen molar-refractivity contribution in [2.24, 2.45) is 5.73 Å². The summed E-state index contributed by atoms with van der Waals surface area (Å²) in [6.07, 6.45) is 2.07. The molecule has 1 heterocycles. The molecule has 1 aromatic heterocycles. The zero-order chi connectivity index (χ0) is 14.1. The topological polar surface area (TPSA) is 30.9 Å². The Labute approximate surface area is 117 Å². The van der Waals surface area contributed by atoms with Crippen LogP contribution in [0.1, 0.15) is 16.7 Å². The van der Waals surface area contributed by atoms with Crippen LogP contribution in [0.25, 0.3) is 10.9 Å². The summed E-state index contributed by atoms with van der Waals surface area (Å²) in [4.78, 5) is 0. The number of benzene rings is 2. The lowest BCUT2D eigenvalue weighted by Gasteiger charge is -2.08. The molecule has 0 saturated carbocycles. The molecule has 3 heteroatoms. The van der Waals surface area contributed by atoms with Crippen molar-refractivity contribution >= 4 is 10.9 Å². The molecule has 0 bridgehead atoms. The zero-order valence-corrected chi connectivity index (χ0v) is 11.4. The quantitative estimate of drug-likeness (QED) is 0.773. The highest BCUT2D eigenvalue weighted by Crippen LogP contribution is 2.22. The van der Waals surface area contributed by atoms with Crippen molar-refractivity contribution in [2.75, 3.05) is 0 Å². The Morgan fingerprint density at radius 1 is 1.15 bits per heavy atom. The first kappa shape index (κ1) is 12.9. The number of rotatable bonds is 3. The summed E-state index contributed by atoms with van der Waals surface area (Å²) < 4.78 is 16.0.